The molecule has 1 rings (SSSR count). The molecule has 1 heterocycles. The lowest BCUT2D eigenvalue weighted by atomic mass is 10.6. The Morgan fingerprint density at radius 3 is 2.70 bits per heavy atom. The van der Waals surface area contributed by atoms with Gasteiger partial charge in [0.05, 0.1) is 6.20 Å². The number of hydrogen-bond donors (Lipinski definition) is 1. The van der Waals surface area contributed by atoms with Crippen molar-refractivity contribution in [3.8, 4) is 0 Å². The molecule has 1 aromatic rings. The second kappa shape index (κ2) is 2.30. The Kier molecular flexibility index (Phi) is 1.62. The molecule has 0 spiro atoms. The number of aromatic nitrogens is 2. The van der Waals surface area contributed by atoms with E-state index in [2.05, 4.69) is 17.7 Å². The van der Waals surface area contributed by atoms with Crippen molar-refractivity contribution in [3.05, 3.63) is 16.3 Å². The van der Waals surface area contributed by atoms with Crippen LogP contribution in [0.25, 0.3) is 0 Å². The molecule has 0 aliphatic carbocycles. The number of nitrogens with zero attached hydrogens (tertiary/aromatic N) is 3. The Bertz CT molecular complexity index is 250. The molecule has 5 nitrogen and oxygen atoms in total. The summed E-state index contributed by atoms with van der Waals surface area (Å²) < 4.78 is 1.17. The third kappa shape index (κ3) is 0.971. The zero-order chi connectivity index (χ0) is 7.72. The van der Waals surface area contributed by atoms with Gasteiger partial charge in [0.25, 0.3) is 0 Å². The maximum absolute atomic E-state index is 10.2. The minimum Gasteiger partial charge on any atom is -0.358 e. The molecule has 0 saturated carbocycles. The number of nitro groups is 1. The molecule has 0 atom stereocenters. The van der Waals surface area contributed by atoms with Gasteiger partial charge >= 0.3 is 5.82 Å². The molecule has 0 radical (unpaired) electrons. The number of hydrogen-bond acceptors (Lipinski definition) is 4. The second-order valence-corrected chi connectivity index (χ2v) is 2.22. The summed E-state index contributed by atoms with van der Waals surface area (Å²) in [6, 6.07) is 0. The zero-order valence-corrected chi connectivity index (χ0v) is 6.08. The molecular formula is C4H5N3O2S. The van der Waals surface area contributed by atoms with Crippen molar-refractivity contribution in [3.63, 3.8) is 0 Å². The Labute approximate surface area is 62.2 Å². The Morgan fingerprint density at radius 1 is 1.90 bits per heavy atom. The zero-order valence-electron chi connectivity index (χ0n) is 5.18. The molecule has 10 heavy (non-hydrogen) atoms. The monoisotopic (exact) mass is 159 g/mol. The van der Waals surface area contributed by atoms with E-state index in [-0.39, 0.29) is 10.7 Å². The predicted octanol–water partition coefficient (Wildman–Crippen LogP) is 0.617. The molecule has 0 amide bonds. The molecule has 0 aromatic carbocycles. The van der Waals surface area contributed by atoms with Gasteiger partial charge in [-0.2, -0.15) is 0 Å². The molecule has 1 aromatic heterocycles. The average molecular weight is 159 g/mol. The summed E-state index contributed by atoms with van der Waals surface area (Å²) in [6.07, 6.45) is 1.33. The van der Waals surface area contributed by atoms with Gasteiger partial charge in [0.2, 0.25) is 0 Å². The molecule has 0 N–H and O–H groups in total. The lowest BCUT2D eigenvalue weighted by Crippen LogP contribution is -1.98. The average Bonchev–Trinajstić information content (AvgIpc) is 2.11. The van der Waals surface area contributed by atoms with Crippen LogP contribution in [0.15, 0.2) is 11.1 Å². The fourth-order valence-corrected chi connectivity index (χ4v) is 0.909. The lowest BCUT2D eigenvalue weighted by molar-refractivity contribution is -0.395. The fourth-order valence-electron chi connectivity index (χ4n) is 0.631. The van der Waals surface area contributed by atoms with Crippen LogP contribution in [-0.4, -0.2) is 14.7 Å². The standard InChI is InChI=1S/C4H5N3O2S/c1-6-4(7(8)9)3(10)2-5-6/h2,10H,1H3. The molecule has 6 heteroatoms. The topological polar surface area (TPSA) is 61.0 Å². The van der Waals surface area contributed by atoms with Gasteiger partial charge in [-0.1, -0.05) is 5.10 Å². The van der Waals surface area contributed by atoms with E-state index < -0.39 is 4.92 Å². The Balaban J connectivity index is 3.23. The minimum absolute atomic E-state index is 0.0802. The van der Waals surface area contributed by atoms with E-state index in [0.717, 1.165) is 0 Å². The smallest absolute Gasteiger partial charge is 0.358 e. The van der Waals surface area contributed by atoms with Gasteiger partial charge in [-0.05, 0) is 4.92 Å². The summed E-state index contributed by atoms with van der Waals surface area (Å²) >= 11 is 3.83. The molecule has 0 aliphatic rings. The Morgan fingerprint density at radius 2 is 2.50 bits per heavy atom. The van der Waals surface area contributed by atoms with Crippen molar-refractivity contribution in [2.24, 2.45) is 7.05 Å². The maximum Gasteiger partial charge on any atom is 0.358 e. The van der Waals surface area contributed by atoms with Crippen LogP contribution in [0, 0.1) is 10.1 Å². The van der Waals surface area contributed by atoms with E-state index in [9.17, 15) is 10.1 Å². The van der Waals surface area contributed by atoms with Crippen molar-refractivity contribution in [1.82, 2.24) is 9.78 Å². The summed E-state index contributed by atoms with van der Waals surface area (Å²) in [5, 5.41) is 13.8. The lowest BCUT2D eigenvalue weighted by Gasteiger charge is -1.91. The highest BCUT2D eigenvalue weighted by Gasteiger charge is 2.15. The van der Waals surface area contributed by atoms with Gasteiger partial charge in [-0.3, -0.25) is 0 Å². The summed E-state index contributed by atoms with van der Waals surface area (Å²) in [7, 11) is 1.50. The van der Waals surface area contributed by atoms with Crippen LogP contribution in [0.1, 0.15) is 0 Å². The molecule has 54 valence electrons. The van der Waals surface area contributed by atoms with Gasteiger partial charge < -0.3 is 10.1 Å². The van der Waals surface area contributed by atoms with Gasteiger partial charge in [-0.25, -0.2) is 0 Å². The Hall–Kier alpha value is -1.04. The van der Waals surface area contributed by atoms with E-state index in [4.69, 9.17) is 0 Å². The molecule has 0 aliphatic heterocycles. The summed E-state index contributed by atoms with van der Waals surface area (Å²) in [6.45, 7) is 0. The summed E-state index contributed by atoms with van der Waals surface area (Å²) in [4.78, 5) is 9.97. The number of thiol groups is 1. The first-order valence-electron chi connectivity index (χ1n) is 2.48. The van der Waals surface area contributed by atoms with Crippen molar-refractivity contribution < 1.29 is 4.92 Å². The second-order valence-electron chi connectivity index (χ2n) is 1.73. The molecule has 0 unspecified atom stereocenters. The minimum atomic E-state index is -0.519. The predicted molar refractivity (Wildman–Crippen MR) is 37.1 cm³/mol. The highest BCUT2D eigenvalue weighted by atomic mass is 32.1. The van der Waals surface area contributed by atoms with Crippen molar-refractivity contribution in [1.29, 1.82) is 0 Å². The van der Waals surface area contributed by atoms with Gasteiger partial charge in [0, 0.05) is 0 Å². The largest absolute Gasteiger partial charge is 0.358 e. The highest BCUT2D eigenvalue weighted by Crippen LogP contribution is 2.19. The highest BCUT2D eigenvalue weighted by molar-refractivity contribution is 7.80. The first-order valence-corrected chi connectivity index (χ1v) is 2.93. The third-order valence-electron chi connectivity index (χ3n) is 1.06. The van der Waals surface area contributed by atoms with Crippen LogP contribution in [0.4, 0.5) is 5.82 Å². The van der Waals surface area contributed by atoms with Crippen LogP contribution in [0.3, 0.4) is 0 Å². The van der Waals surface area contributed by atoms with Crippen LogP contribution < -0.4 is 0 Å². The molecule has 0 bridgehead atoms. The van der Waals surface area contributed by atoms with Gasteiger partial charge in [0.15, 0.2) is 0 Å². The summed E-state index contributed by atoms with van der Waals surface area (Å²) in [5.74, 6) is -0.0802. The van der Waals surface area contributed by atoms with E-state index in [0.29, 0.717) is 0 Å². The van der Waals surface area contributed by atoms with Crippen molar-refractivity contribution >= 4 is 18.4 Å². The van der Waals surface area contributed by atoms with E-state index in [1.54, 1.807) is 0 Å². The number of rotatable bonds is 1. The van der Waals surface area contributed by atoms with Crippen LogP contribution in [0.2, 0.25) is 0 Å². The summed E-state index contributed by atoms with van der Waals surface area (Å²) in [5.41, 5.74) is 0. The van der Waals surface area contributed by atoms with E-state index in [1.807, 2.05) is 0 Å². The molecular weight excluding hydrogens is 154 g/mol. The van der Waals surface area contributed by atoms with Gasteiger partial charge in [0.1, 0.15) is 11.9 Å². The van der Waals surface area contributed by atoms with Crippen molar-refractivity contribution in [2.45, 2.75) is 4.90 Å². The van der Waals surface area contributed by atoms with Crippen LogP contribution >= 0.6 is 12.6 Å². The SMILES string of the molecule is Cn1ncc(S)c1[N+](=O)[O-]. The van der Waals surface area contributed by atoms with Crippen LogP contribution in [0.5, 0.6) is 0 Å². The fraction of sp³-hybridized carbons (Fsp3) is 0.250. The first-order chi connectivity index (χ1) is 4.63. The molecule has 0 saturated heterocycles. The van der Waals surface area contributed by atoms with Gasteiger partial charge in [-0.15, -0.1) is 17.3 Å². The number of aryl methyl sites for hydroxylation is 1. The van der Waals surface area contributed by atoms with Crippen molar-refractivity contribution in [2.75, 3.05) is 0 Å². The quantitative estimate of drug-likeness (QED) is 0.371. The first kappa shape index (κ1) is 7.07. The van der Waals surface area contributed by atoms with E-state index in [1.165, 1.54) is 17.9 Å². The van der Waals surface area contributed by atoms with Crippen LogP contribution in [-0.2, 0) is 7.05 Å². The maximum atomic E-state index is 10.2. The third-order valence-corrected chi connectivity index (χ3v) is 1.38. The van der Waals surface area contributed by atoms with E-state index >= 15 is 0 Å². The molecule has 0 fully saturated rings. The normalized spacial score (nSPS) is 9.80.